The van der Waals surface area contributed by atoms with Crippen LogP contribution in [-0.2, 0) is 6.54 Å². The summed E-state index contributed by atoms with van der Waals surface area (Å²) in [6, 6.07) is 10.2. The minimum absolute atomic E-state index is 0.0464. The van der Waals surface area contributed by atoms with Gasteiger partial charge >= 0.3 is 0 Å². The first-order valence-electron chi connectivity index (χ1n) is 8.08. The van der Waals surface area contributed by atoms with Gasteiger partial charge in [-0.25, -0.2) is 4.68 Å². The highest BCUT2D eigenvalue weighted by atomic mass is 16.4. The lowest BCUT2D eigenvalue weighted by Gasteiger charge is -2.22. The fourth-order valence-corrected chi connectivity index (χ4v) is 2.78. The van der Waals surface area contributed by atoms with Crippen molar-refractivity contribution in [1.82, 2.24) is 24.9 Å². The molecule has 0 aliphatic heterocycles. The minimum atomic E-state index is 0.0464. The van der Waals surface area contributed by atoms with Gasteiger partial charge in [0.05, 0.1) is 17.4 Å². The van der Waals surface area contributed by atoms with Gasteiger partial charge in [0.1, 0.15) is 0 Å². The molecule has 2 heterocycles. The van der Waals surface area contributed by atoms with E-state index in [2.05, 4.69) is 55.0 Å². The monoisotopic (exact) mass is 325 g/mol. The van der Waals surface area contributed by atoms with Crippen molar-refractivity contribution >= 4 is 0 Å². The van der Waals surface area contributed by atoms with Crippen LogP contribution in [0.5, 0.6) is 0 Å². The summed E-state index contributed by atoms with van der Waals surface area (Å²) >= 11 is 0. The molecule has 3 rings (SSSR count). The van der Waals surface area contributed by atoms with Crippen molar-refractivity contribution in [3.05, 3.63) is 59.1 Å². The molecule has 0 aliphatic carbocycles. The highest BCUT2D eigenvalue weighted by Gasteiger charge is 2.21. The van der Waals surface area contributed by atoms with E-state index in [1.807, 2.05) is 22.9 Å². The first-order chi connectivity index (χ1) is 11.5. The first-order valence-corrected chi connectivity index (χ1v) is 8.08. The molecule has 0 spiro atoms. The number of hydrogen-bond acceptors (Lipinski definition) is 5. The molecule has 6 nitrogen and oxygen atoms in total. The molecule has 0 N–H and O–H groups in total. The maximum Gasteiger partial charge on any atom is 0.233 e. The molecule has 0 aliphatic rings. The molecule has 0 amide bonds. The van der Waals surface area contributed by atoms with Crippen LogP contribution in [0.2, 0.25) is 0 Å². The van der Waals surface area contributed by atoms with Crippen LogP contribution >= 0.6 is 0 Å². The first kappa shape index (κ1) is 16.4. The number of aryl methyl sites for hydroxylation is 2. The summed E-state index contributed by atoms with van der Waals surface area (Å²) in [4.78, 5) is 2.19. The van der Waals surface area contributed by atoms with Crippen LogP contribution in [0, 0.1) is 20.8 Å². The van der Waals surface area contributed by atoms with E-state index in [0.717, 1.165) is 23.6 Å². The smallest absolute Gasteiger partial charge is 0.233 e. The van der Waals surface area contributed by atoms with Crippen LogP contribution in [0.15, 0.2) is 34.7 Å². The van der Waals surface area contributed by atoms with Gasteiger partial charge in [0, 0.05) is 24.7 Å². The lowest BCUT2D eigenvalue weighted by Crippen LogP contribution is -2.23. The minimum Gasteiger partial charge on any atom is -0.424 e. The second kappa shape index (κ2) is 6.57. The number of para-hydroxylation sites is 1. The number of nitrogens with zero attached hydrogens (tertiary/aromatic N) is 5. The molecule has 126 valence electrons. The number of benzene rings is 1. The van der Waals surface area contributed by atoms with Gasteiger partial charge in [-0.05, 0) is 40.0 Å². The van der Waals surface area contributed by atoms with E-state index >= 15 is 0 Å². The molecule has 24 heavy (non-hydrogen) atoms. The van der Waals surface area contributed by atoms with Crippen molar-refractivity contribution in [3.63, 3.8) is 0 Å². The molecule has 1 atom stereocenters. The molecular weight excluding hydrogens is 302 g/mol. The topological polar surface area (TPSA) is 60.0 Å². The lowest BCUT2D eigenvalue weighted by molar-refractivity contribution is 0.214. The van der Waals surface area contributed by atoms with Gasteiger partial charge in [-0.1, -0.05) is 18.2 Å². The van der Waals surface area contributed by atoms with Crippen molar-refractivity contribution in [2.75, 3.05) is 7.05 Å². The Bertz CT molecular complexity index is 821. The second-order valence-electron chi connectivity index (χ2n) is 6.15. The second-order valence-corrected chi connectivity index (χ2v) is 6.15. The third kappa shape index (κ3) is 3.10. The Morgan fingerprint density at radius 1 is 1.12 bits per heavy atom. The van der Waals surface area contributed by atoms with Gasteiger partial charge in [-0.3, -0.25) is 4.90 Å². The molecule has 6 heteroatoms. The third-order valence-corrected chi connectivity index (χ3v) is 4.41. The predicted molar refractivity (Wildman–Crippen MR) is 92.0 cm³/mol. The Hall–Kier alpha value is -2.47. The molecule has 1 aromatic carbocycles. The van der Waals surface area contributed by atoms with Crippen LogP contribution in [0.3, 0.4) is 0 Å². The van der Waals surface area contributed by atoms with Gasteiger partial charge in [0.2, 0.25) is 11.8 Å². The van der Waals surface area contributed by atoms with Crippen LogP contribution in [0.4, 0.5) is 0 Å². The van der Waals surface area contributed by atoms with Crippen molar-refractivity contribution in [2.24, 2.45) is 0 Å². The molecule has 0 fully saturated rings. The van der Waals surface area contributed by atoms with Crippen LogP contribution in [-0.4, -0.2) is 31.9 Å². The summed E-state index contributed by atoms with van der Waals surface area (Å²) in [5.74, 6) is 1.23. The summed E-state index contributed by atoms with van der Waals surface area (Å²) in [5, 5.41) is 12.8. The Morgan fingerprint density at radius 3 is 2.46 bits per heavy atom. The Balaban J connectivity index is 1.84. The van der Waals surface area contributed by atoms with Crippen molar-refractivity contribution in [2.45, 2.75) is 40.3 Å². The molecule has 0 radical (unpaired) electrons. The fourth-order valence-electron chi connectivity index (χ4n) is 2.78. The normalized spacial score (nSPS) is 12.8. The fraction of sp³-hybridized carbons (Fsp3) is 0.389. The van der Waals surface area contributed by atoms with Crippen LogP contribution in [0.25, 0.3) is 5.69 Å². The van der Waals surface area contributed by atoms with Crippen molar-refractivity contribution < 1.29 is 4.42 Å². The molecule has 3 aromatic rings. The summed E-state index contributed by atoms with van der Waals surface area (Å²) in [6.07, 6.45) is 0. The third-order valence-electron chi connectivity index (χ3n) is 4.41. The SMILES string of the molecule is Cc1nnc([C@H](C)N(C)Cc2c(C)nn(-c3ccccc3)c2C)o1. The number of hydrogen-bond donors (Lipinski definition) is 0. The van der Waals surface area contributed by atoms with Crippen LogP contribution in [0.1, 0.15) is 41.7 Å². The van der Waals surface area contributed by atoms with Gasteiger partial charge in [0.15, 0.2) is 0 Å². The van der Waals surface area contributed by atoms with Crippen molar-refractivity contribution in [1.29, 1.82) is 0 Å². The van der Waals surface area contributed by atoms with E-state index in [1.54, 1.807) is 6.92 Å². The van der Waals surface area contributed by atoms with Gasteiger partial charge in [-0.2, -0.15) is 5.10 Å². The van der Waals surface area contributed by atoms with Gasteiger partial charge in [0.25, 0.3) is 0 Å². The zero-order valence-electron chi connectivity index (χ0n) is 14.8. The summed E-state index contributed by atoms with van der Waals surface area (Å²) in [6.45, 7) is 8.81. The summed E-state index contributed by atoms with van der Waals surface area (Å²) < 4.78 is 7.55. The van der Waals surface area contributed by atoms with E-state index in [0.29, 0.717) is 11.8 Å². The van der Waals surface area contributed by atoms with Crippen LogP contribution < -0.4 is 0 Å². The Kier molecular flexibility index (Phi) is 4.49. The molecule has 0 saturated carbocycles. The lowest BCUT2D eigenvalue weighted by atomic mass is 10.1. The maximum absolute atomic E-state index is 5.55. The highest BCUT2D eigenvalue weighted by Crippen LogP contribution is 2.23. The molecule has 2 aromatic heterocycles. The van der Waals surface area contributed by atoms with Crippen molar-refractivity contribution in [3.8, 4) is 5.69 Å². The highest BCUT2D eigenvalue weighted by molar-refractivity contribution is 5.36. The Labute approximate surface area is 142 Å². The van der Waals surface area contributed by atoms with E-state index in [9.17, 15) is 0 Å². The zero-order chi connectivity index (χ0) is 17.3. The van der Waals surface area contributed by atoms with Gasteiger partial charge in [-0.15, -0.1) is 10.2 Å². The average Bonchev–Trinajstić information content (AvgIpc) is 3.13. The predicted octanol–water partition coefficient (Wildman–Crippen LogP) is 3.37. The number of rotatable bonds is 5. The molecule has 0 saturated heterocycles. The molecule has 0 unspecified atom stereocenters. The summed E-state index contributed by atoms with van der Waals surface area (Å²) in [5.41, 5.74) is 4.49. The van der Waals surface area contributed by atoms with E-state index < -0.39 is 0 Å². The average molecular weight is 325 g/mol. The largest absolute Gasteiger partial charge is 0.424 e. The molecular formula is C18H23N5O. The van der Waals surface area contributed by atoms with Gasteiger partial charge < -0.3 is 4.42 Å². The molecule has 0 bridgehead atoms. The van der Waals surface area contributed by atoms with E-state index in [4.69, 9.17) is 9.52 Å². The maximum atomic E-state index is 5.55. The standard InChI is InChI=1S/C18H23N5O/c1-12-17(11-22(5)14(3)18-20-19-15(4)24-18)13(2)23(21-12)16-9-7-6-8-10-16/h6-10,14H,11H2,1-5H3/t14-/m0/s1. The summed E-state index contributed by atoms with van der Waals surface area (Å²) in [7, 11) is 2.06. The van der Waals surface area contributed by atoms with E-state index in [-0.39, 0.29) is 6.04 Å². The van der Waals surface area contributed by atoms with E-state index in [1.165, 1.54) is 5.56 Å². The Morgan fingerprint density at radius 2 is 1.83 bits per heavy atom. The quantitative estimate of drug-likeness (QED) is 0.720. The number of aromatic nitrogens is 4. The zero-order valence-corrected chi connectivity index (χ0v) is 14.8.